The highest BCUT2D eigenvalue weighted by molar-refractivity contribution is 5.35. The van der Waals surface area contributed by atoms with Gasteiger partial charge in [0.1, 0.15) is 0 Å². The van der Waals surface area contributed by atoms with Crippen LogP contribution in [0.3, 0.4) is 0 Å². The fourth-order valence-corrected chi connectivity index (χ4v) is 2.66. The molecule has 1 unspecified atom stereocenters. The van der Waals surface area contributed by atoms with Crippen molar-refractivity contribution in [1.29, 1.82) is 0 Å². The molecule has 4 nitrogen and oxygen atoms in total. The second-order valence-corrected chi connectivity index (χ2v) is 5.17. The predicted molar refractivity (Wildman–Crippen MR) is 75.2 cm³/mol. The van der Waals surface area contributed by atoms with E-state index in [1.54, 1.807) is 0 Å². The number of imidazole rings is 1. The average molecular weight is 256 g/mol. The fourth-order valence-electron chi connectivity index (χ4n) is 2.66. The van der Waals surface area contributed by atoms with Crippen LogP contribution in [0.25, 0.3) is 5.69 Å². The van der Waals surface area contributed by atoms with E-state index < -0.39 is 0 Å². The van der Waals surface area contributed by atoms with E-state index in [1.165, 1.54) is 24.2 Å². The first kappa shape index (κ1) is 12.4. The number of nitrogens with zero attached hydrogens (tertiary/aromatic N) is 3. The van der Waals surface area contributed by atoms with E-state index in [0.29, 0.717) is 0 Å². The summed E-state index contributed by atoms with van der Waals surface area (Å²) >= 11 is 0. The number of pyridine rings is 1. The Balaban J connectivity index is 1.92. The summed E-state index contributed by atoms with van der Waals surface area (Å²) in [7, 11) is 0. The molecule has 100 valence electrons. The molecule has 1 atom stereocenters. The van der Waals surface area contributed by atoms with Crippen molar-refractivity contribution in [3.8, 4) is 5.69 Å². The van der Waals surface area contributed by atoms with Gasteiger partial charge in [0.2, 0.25) is 0 Å². The third-order valence-electron chi connectivity index (χ3n) is 3.90. The van der Waals surface area contributed by atoms with Crippen LogP contribution in [-0.4, -0.2) is 14.5 Å². The number of aryl methyl sites for hydroxylation is 1. The van der Waals surface area contributed by atoms with Gasteiger partial charge in [-0.25, -0.2) is 4.98 Å². The largest absolute Gasteiger partial charge is 0.323 e. The Labute approximate surface area is 113 Å². The van der Waals surface area contributed by atoms with Gasteiger partial charge in [0.15, 0.2) is 0 Å². The van der Waals surface area contributed by atoms with E-state index in [-0.39, 0.29) is 6.04 Å². The van der Waals surface area contributed by atoms with Crippen LogP contribution in [0.5, 0.6) is 0 Å². The Morgan fingerprint density at radius 3 is 2.84 bits per heavy atom. The molecule has 0 radical (unpaired) electrons. The second kappa shape index (κ2) is 5.13. The highest BCUT2D eigenvalue weighted by atomic mass is 15.1. The Hall–Kier alpha value is -1.68. The van der Waals surface area contributed by atoms with Gasteiger partial charge >= 0.3 is 0 Å². The molecular weight excluding hydrogens is 236 g/mol. The van der Waals surface area contributed by atoms with E-state index >= 15 is 0 Å². The van der Waals surface area contributed by atoms with Crippen LogP contribution in [0.15, 0.2) is 24.7 Å². The molecule has 0 saturated carbocycles. The maximum absolute atomic E-state index is 5.99. The first-order valence-corrected chi connectivity index (χ1v) is 7.06. The Morgan fingerprint density at radius 2 is 2.11 bits per heavy atom. The normalized spacial score (nSPS) is 16.1. The quantitative estimate of drug-likeness (QED) is 0.918. The van der Waals surface area contributed by atoms with Crippen LogP contribution in [0.1, 0.15) is 49.3 Å². The Kier molecular flexibility index (Phi) is 3.34. The minimum Gasteiger partial charge on any atom is -0.323 e. The summed E-state index contributed by atoms with van der Waals surface area (Å²) in [5.41, 5.74) is 10.6. The van der Waals surface area contributed by atoms with Crippen molar-refractivity contribution in [2.75, 3.05) is 0 Å². The zero-order valence-electron chi connectivity index (χ0n) is 11.3. The van der Waals surface area contributed by atoms with Crippen molar-refractivity contribution in [1.82, 2.24) is 14.5 Å². The molecule has 0 spiro atoms. The van der Waals surface area contributed by atoms with E-state index in [2.05, 4.69) is 27.5 Å². The molecule has 0 aliphatic heterocycles. The van der Waals surface area contributed by atoms with Crippen molar-refractivity contribution in [2.45, 2.75) is 45.1 Å². The highest BCUT2D eigenvalue weighted by Gasteiger charge is 2.16. The number of aromatic nitrogens is 3. The summed E-state index contributed by atoms with van der Waals surface area (Å²) in [6.45, 7) is 2.08. The van der Waals surface area contributed by atoms with Crippen LogP contribution in [-0.2, 0) is 12.8 Å². The fraction of sp³-hybridized carbons (Fsp3) is 0.467. The van der Waals surface area contributed by atoms with E-state index in [0.717, 1.165) is 30.6 Å². The molecule has 0 bridgehead atoms. The smallest absolute Gasteiger partial charge is 0.0998 e. The van der Waals surface area contributed by atoms with Gasteiger partial charge in [0.25, 0.3) is 0 Å². The average Bonchev–Trinajstić information content (AvgIpc) is 2.90. The molecule has 1 aliphatic carbocycles. The third kappa shape index (κ3) is 2.28. The molecule has 19 heavy (non-hydrogen) atoms. The molecular formula is C15H20N4. The van der Waals surface area contributed by atoms with Crippen molar-refractivity contribution in [3.05, 3.63) is 41.7 Å². The molecule has 4 heteroatoms. The van der Waals surface area contributed by atoms with Crippen LogP contribution in [0.2, 0.25) is 0 Å². The SMILES string of the molecule is CCC(N)c1ccc(-n2cnc3c2CCCC3)cn1. The van der Waals surface area contributed by atoms with Gasteiger partial charge < -0.3 is 10.3 Å². The summed E-state index contributed by atoms with van der Waals surface area (Å²) in [5.74, 6) is 0. The standard InChI is InChI=1S/C15H20N4/c1-2-12(16)13-8-7-11(9-17-13)19-10-18-14-5-3-4-6-15(14)19/h7-10,12H,2-6,16H2,1H3. The van der Waals surface area contributed by atoms with Crippen molar-refractivity contribution < 1.29 is 0 Å². The topological polar surface area (TPSA) is 56.7 Å². The summed E-state index contributed by atoms with van der Waals surface area (Å²) in [4.78, 5) is 9.00. The van der Waals surface area contributed by atoms with Crippen molar-refractivity contribution in [2.24, 2.45) is 5.73 Å². The van der Waals surface area contributed by atoms with Gasteiger partial charge in [-0.2, -0.15) is 0 Å². The first-order valence-electron chi connectivity index (χ1n) is 7.06. The molecule has 2 heterocycles. The van der Waals surface area contributed by atoms with E-state index in [4.69, 9.17) is 5.73 Å². The lowest BCUT2D eigenvalue weighted by Crippen LogP contribution is -2.11. The van der Waals surface area contributed by atoms with E-state index in [1.807, 2.05) is 18.6 Å². The van der Waals surface area contributed by atoms with Gasteiger partial charge in [-0.1, -0.05) is 6.92 Å². The predicted octanol–water partition coefficient (Wildman–Crippen LogP) is 2.56. The van der Waals surface area contributed by atoms with Crippen LogP contribution in [0, 0.1) is 0 Å². The van der Waals surface area contributed by atoms with Gasteiger partial charge in [0.05, 0.1) is 29.6 Å². The van der Waals surface area contributed by atoms with Crippen LogP contribution in [0.4, 0.5) is 0 Å². The lowest BCUT2D eigenvalue weighted by molar-refractivity contribution is 0.654. The number of nitrogens with two attached hydrogens (primary N) is 1. The molecule has 0 saturated heterocycles. The molecule has 0 fully saturated rings. The van der Waals surface area contributed by atoms with Crippen LogP contribution < -0.4 is 5.73 Å². The molecule has 0 aromatic carbocycles. The lowest BCUT2D eigenvalue weighted by atomic mass is 10.0. The zero-order valence-corrected chi connectivity index (χ0v) is 11.3. The number of hydrogen-bond donors (Lipinski definition) is 1. The van der Waals surface area contributed by atoms with Crippen LogP contribution >= 0.6 is 0 Å². The maximum atomic E-state index is 5.99. The summed E-state index contributed by atoms with van der Waals surface area (Å²) < 4.78 is 2.17. The number of hydrogen-bond acceptors (Lipinski definition) is 3. The summed E-state index contributed by atoms with van der Waals surface area (Å²) in [6.07, 6.45) is 9.47. The van der Waals surface area contributed by atoms with E-state index in [9.17, 15) is 0 Å². The third-order valence-corrected chi connectivity index (χ3v) is 3.90. The molecule has 1 aliphatic rings. The first-order chi connectivity index (χ1) is 9.29. The number of fused-ring (bicyclic) bond motifs is 1. The number of rotatable bonds is 3. The summed E-state index contributed by atoms with van der Waals surface area (Å²) in [5, 5.41) is 0. The summed E-state index contributed by atoms with van der Waals surface area (Å²) in [6, 6.07) is 4.15. The van der Waals surface area contributed by atoms with Gasteiger partial charge in [-0.05, 0) is 44.2 Å². The van der Waals surface area contributed by atoms with Gasteiger partial charge in [0, 0.05) is 11.7 Å². The second-order valence-electron chi connectivity index (χ2n) is 5.17. The Morgan fingerprint density at radius 1 is 1.26 bits per heavy atom. The molecule has 0 amide bonds. The monoisotopic (exact) mass is 256 g/mol. The minimum absolute atomic E-state index is 0.0331. The minimum atomic E-state index is 0.0331. The lowest BCUT2D eigenvalue weighted by Gasteiger charge is -2.14. The maximum Gasteiger partial charge on any atom is 0.0998 e. The highest BCUT2D eigenvalue weighted by Crippen LogP contribution is 2.23. The van der Waals surface area contributed by atoms with Crippen molar-refractivity contribution in [3.63, 3.8) is 0 Å². The molecule has 2 aromatic rings. The van der Waals surface area contributed by atoms with Gasteiger partial charge in [-0.3, -0.25) is 4.98 Å². The Bertz CT molecular complexity index is 556. The van der Waals surface area contributed by atoms with Gasteiger partial charge in [-0.15, -0.1) is 0 Å². The van der Waals surface area contributed by atoms with Crippen molar-refractivity contribution >= 4 is 0 Å². The molecule has 3 rings (SSSR count). The zero-order chi connectivity index (χ0) is 13.2. The molecule has 2 N–H and O–H groups in total. The molecule has 2 aromatic heterocycles.